The highest BCUT2D eigenvalue weighted by atomic mass is 32.1. The molecule has 25 heavy (non-hydrogen) atoms. The number of amides is 2. The number of benzene rings is 1. The summed E-state index contributed by atoms with van der Waals surface area (Å²) in [6.07, 6.45) is 1.60. The van der Waals surface area contributed by atoms with Gasteiger partial charge in [-0.3, -0.25) is 19.8 Å². The summed E-state index contributed by atoms with van der Waals surface area (Å²) in [6.45, 7) is 5.86. The Morgan fingerprint density at radius 1 is 1.08 bits per heavy atom. The summed E-state index contributed by atoms with van der Waals surface area (Å²) in [7, 11) is 1.89. The van der Waals surface area contributed by atoms with E-state index in [1.807, 2.05) is 62.7 Å². The maximum atomic E-state index is 13.0. The summed E-state index contributed by atoms with van der Waals surface area (Å²) in [5.74, 6) is -0.892. The van der Waals surface area contributed by atoms with Gasteiger partial charge in [0.25, 0.3) is 11.8 Å². The fourth-order valence-corrected chi connectivity index (χ4v) is 3.05. The number of carbonyl (C=O) groups excluding carboxylic acids is 2. The monoisotopic (exact) mass is 353 g/mol. The molecule has 0 unspecified atom stereocenters. The molecule has 5 nitrogen and oxygen atoms in total. The number of carbonyl (C=O) groups is 2. The van der Waals surface area contributed by atoms with E-state index in [-0.39, 0.29) is 10.7 Å². The number of nitrogens with one attached hydrogen (secondary N) is 1. The van der Waals surface area contributed by atoms with Crippen molar-refractivity contribution < 1.29 is 9.59 Å². The Morgan fingerprint density at radius 2 is 1.80 bits per heavy atom. The van der Waals surface area contributed by atoms with Gasteiger partial charge < -0.3 is 4.57 Å². The molecule has 1 fully saturated rings. The molecule has 1 saturated heterocycles. The summed E-state index contributed by atoms with van der Waals surface area (Å²) >= 11 is 5.25. The molecule has 6 heteroatoms. The van der Waals surface area contributed by atoms with Gasteiger partial charge in [-0.25, -0.2) is 0 Å². The van der Waals surface area contributed by atoms with Crippen LogP contribution < -0.4 is 10.2 Å². The van der Waals surface area contributed by atoms with E-state index in [2.05, 4.69) is 5.32 Å². The van der Waals surface area contributed by atoms with E-state index in [1.165, 1.54) is 4.90 Å². The molecule has 2 heterocycles. The van der Waals surface area contributed by atoms with E-state index in [0.717, 1.165) is 22.5 Å². The van der Waals surface area contributed by atoms with Crippen molar-refractivity contribution in [1.29, 1.82) is 0 Å². The average Bonchev–Trinajstić information content (AvgIpc) is 2.87. The zero-order chi connectivity index (χ0) is 18.3. The predicted molar refractivity (Wildman–Crippen MR) is 102 cm³/mol. The highest BCUT2D eigenvalue weighted by Crippen LogP contribution is 2.27. The van der Waals surface area contributed by atoms with Crippen LogP contribution in [0.25, 0.3) is 6.08 Å². The molecule has 0 saturated carbocycles. The lowest BCUT2D eigenvalue weighted by molar-refractivity contribution is -0.122. The minimum Gasteiger partial charge on any atom is -0.348 e. The van der Waals surface area contributed by atoms with Crippen molar-refractivity contribution in [1.82, 2.24) is 9.88 Å². The molecule has 1 aliphatic heterocycles. The molecule has 0 aliphatic carbocycles. The molecule has 0 spiro atoms. The molecule has 128 valence electrons. The molecular weight excluding hydrogens is 334 g/mol. The molecule has 1 aromatic carbocycles. The number of anilines is 1. The fraction of sp³-hybridized carbons (Fsp3) is 0.211. The topological polar surface area (TPSA) is 54.3 Å². The van der Waals surface area contributed by atoms with Crippen molar-refractivity contribution in [2.75, 3.05) is 4.90 Å². The van der Waals surface area contributed by atoms with Crippen LogP contribution in [0.4, 0.5) is 5.69 Å². The minimum absolute atomic E-state index is 0.0655. The van der Waals surface area contributed by atoms with Crippen LogP contribution in [0.1, 0.15) is 22.5 Å². The molecule has 1 aromatic heterocycles. The third-order valence-electron chi connectivity index (χ3n) is 4.62. The maximum Gasteiger partial charge on any atom is 0.270 e. The lowest BCUT2D eigenvalue weighted by Gasteiger charge is -2.30. The second-order valence-corrected chi connectivity index (χ2v) is 6.52. The van der Waals surface area contributed by atoms with Crippen LogP contribution in [0.15, 0.2) is 35.9 Å². The Morgan fingerprint density at radius 3 is 2.44 bits per heavy atom. The van der Waals surface area contributed by atoms with Gasteiger partial charge in [0, 0.05) is 18.4 Å². The van der Waals surface area contributed by atoms with Crippen LogP contribution >= 0.6 is 12.2 Å². The number of rotatable bonds is 2. The van der Waals surface area contributed by atoms with Gasteiger partial charge in [0.05, 0.1) is 5.69 Å². The fourth-order valence-electron chi connectivity index (χ4n) is 2.78. The van der Waals surface area contributed by atoms with E-state index < -0.39 is 11.8 Å². The molecule has 2 aromatic rings. The predicted octanol–water partition coefficient (Wildman–Crippen LogP) is 2.78. The van der Waals surface area contributed by atoms with Gasteiger partial charge in [-0.1, -0.05) is 12.1 Å². The van der Waals surface area contributed by atoms with Crippen LogP contribution in [0.2, 0.25) is 0 Å². The molecule has 0 bridgehead atoms. The lowest BCUT2D eigenvalue weighted by Crippen LogP contribution is -2.54. The summed E-state index contributed by atoms with van der Waals surface area (Å²) in [6, 6.07) is 9.48. The van der Waals surface area contributed by atoms with Crippen LogP contribution in [0.5, 0.6) is 0 Å². The first kappa shape index (κ1) is 17.1. The second-order valence-electron chi connectivity index (χ2n) is 6.14. The van der Waals surface area contributed by atoms with Crippen molar-refractivity contribution in [2.24, 2.45) is 7.05 Å². The van der Waals surface area contributed by atoms with Crippen LogP contribution in [-0.4, -0.2) is 21.5 Å². The lowest BCUT2D eigenvalue weighted by atomic mass is 10.0. The average molecular weight is 353 g/mol. The molecular formula is C19H19N3O2S. The SMILES string of the molecule is Cc1cccc(N2C(=O)/C(=C/c3ccc(C)n3C)C(=O)NC2=S)c1C. The molecule has 2 amide bonds. The molecule has 3 rings (SSSR count). The quantitative estimate of drug-likeness (QED) is 0.513. The Balaban J connectivity index is 2.09. The standard InChI is InChI=1S/C19H19N3O2S/c1-11-6-5-7-16(13(11)3)22-18(24)15(17(23)20-19(22)25)10-14-9-8-12(2)21(14)4/h5-10H,1-4H3,(H,20,23,25)/b15-10+. The Hall–Kier alpha value is -2.73. The minimum atomic E-state index is -0.476. The van der Waals surface area contributed by atoms with Gasteiger partial charge in [-0.15, -0.1) is 0 Å². The van der Waals surface area contributed by atoms with Gasteiger partial charge in [0.2, 0.25) is 0 Å². The number of hydrogen-bond donors (Lipinski definition) is 1. The zero-order valence-electron chi connectivity index (χ0n) is 14.6. The first-order valence-corrected chi connectivity index (χ1v) is 8.32. The van der Waals surface area contributed by atoms with Crippen LogP contribution in [-0.2, 0) is 16.6 Å². The third kappa shape index (κ3) is 2.89. The van der Waals surface area contributed by atoms with Gasteiger partial charge in [-0.2, -0.15) is 0 Å². The summed E-state index contributed by atoms with van der Waals surface area (Å²) in [5.41, 5.74) is 4.57. The summed E-state index contributed by atoms with van der Waals surface area (Å²) in [5, 5.41) is 2.72. The highest BCUT2D eigenvalue weighted by Gasteiger charge is 2.35. The number of aromatic nitrogens is 1. The normalized spacial score (nSPS) is 16.6. The number of hydrogen-bond acceptors (Lipinski definition) is 3. The Labute approximate surface area is 151 Å². The molecule has 0 atom stereocenters. The van der Waals surface area contributed by atoms with Gasteiger partial charge in [0.15, 0.2) is 5.11 Å². The highest BCUT2D eigenvalue weighted by molar-refractivity contribution is 7.80. The number of thiocarbonyl (C=S) groups is 1. The summed E-state index contributed by atoms with van der Waals surface area (Å²) in [4.78, 5) is 26.8. The van der Waals surface area contributed by atoms with Gasteiger partial charge >= 0.3 is 0 Å². The maximum absolute atomic E-state index is 13.0. The second kappa shape index (κ2) is 6.29. The largest absolute Gasteiger partial charge is 0.348 e. The van der Waals surface area contributed by atoms with Crippen molar-refractivity contribution >= 4 is 40.9 Å². The van der Waals surface area contributed by atoms with E-state index >= 15 is 0 Å². The van der Waals surface area contributed by atoms with Gasteiger partial charge in [-0.05, 0) is 68.4 Å². The van der Waals surface area contributed by atoms with E-state index in [4.69, 9.17) is 12.2 Å². The van der Waals surface area contributed by atoms with E-state index in [9.17, 15) is 9.59 Å². The van der Waals surface area contributed by atoms with Crippen molar-refractivity contribution in [3.05, 3.63) is 58.4 Å². The molecule has 0 radical (unpaired) electrons. The van der Waals surface area contributed by atoms with Gasteiger partial charge in [0.1, 0.15) is 5.57 Å². The smallest absolute Gasteiger partial charge is 0.270 e. The van der Waals surface area contributed by atoms with Crippen LogP contribution in [0, 0.1) is 20.8 Å². The number of nitrogens with zero attached hydrogens (tertiary/aromatic N) is 2. The van der Waals surface area contributed by atoms with Crippen molar-refractivity contribution in [2.45, 2.75) is 20.8 Å². The van der Waals surface area contributed by atoms with Crippen LogP contribution in [0.3, 0.4) is 0 Å². The van der Waals surface area contributed by atoms with Crippen molar-refractivity contribution in [3.63, 3.8) is 0 Å². The molecule has 1 N–H and O–H groups in total. The number of aryl methyl sites for hydroxylation is 2. The Bertz CT molecular complexity index is 940. The first-order valence-electron chi connectivity index (χ1n) is 7.91. The third-order valence-corrected chi connectivity index (χ3v) is 4.91. The Kier molecular flexibility index (Phi) is 4.30. The van der Waals surface area contributed by atoms with E-state index in [0.29, 0.717) is 5.69 Å². The summed E-state index contributed by atoms with van der Waals surface area (Å²) < 4.78 is 1.92. The zero-order valence-corrected chi connectivity index (χ0v) is 15.4. The van der Waals surface area contributed by atoms with E-state index in [1.54, 1.807) is 6.08 Å². The van der Waals surface area contributed by atoms with Crippen molar-refractivity contribution in [3.8, 4) is 0 Å². The first-order chi connectivity index (χ1) is 11.8. The molecule has 1 aliphatic rings.